The Labute approximate surface area is 92.1 Å². The SMILES string of the molecule is CCN(CC)c1nc2c([se]1)CCCC2. The topological polar surface area (TPSA) is 16.1 Å². The summed E-state index contributed by atoms with van der Waals surface area (Å²) in [6.45, 7) is 6.66. The van der Waals surface area contributed by atoms with Crippen LogP contribution in [0.5, 0.6) is 0 Å². The maximum atomic E-state index is 4.80. The summed E-state index contributed by atoms with van der Waals surface area (Å²) in [6, 6.07) is 0. The second kappa shape index (κ2) is 4.50. The van der Waals surface area contributed by atoms with Crippen molar-refractivity contribution in [3.05, 3.63) is 10.1 Å². The molecule has 0 amide bonds. The van der Waals surface area contributed by atoms with Crippen molar-refractivity contribution >= 4 is 19.2 Å². The van der Waals surface area contributed by atoms with Crippen molar-refractivity contribution in [2.45, 2.75) is 39.5 Å². The molecule has 0 saturated heterocycles. The van der Waals surface area contributed by atoms with Gasteiger partial charge in [-0.25, -0.2) is 0 Å². The number of rotatable bonds is 3. The fourth-order valence-electron chi connectivity index (χ4n) is 1.97. The van der Waals surface area contributed by atoms with Crippen LogP contribution < -0.4 is 4.90 Å². The average molecular weight is 257 g/mol. The molecule has 0 saturated carbocycles. The van der Waals surface area contributed by atoms with Crippen molar-refractivity contribution in [2.75, 3.05) is 18.0 Å². The van der Waals surface area contributed by atoms with Gasteiger partial charge in [-0.3, -0.25) is 0 Å². The van der Waals surface area contributed by atoms with E-state index in [2.05, 4.69) is 18.7 Å². The standard InChI is InChI=1S/C11H18N2Se/c1-3-13(4-2)11-12-9-7-5-6-8-10(9)14-11/h3-8H2,1-2H3. The summed E-state index contributed by atoms with van der Waals surface area (Å²) in [5, 5.41) is 0. The van der Waals surface area contributed by atoms with E-state index in [1.54, 1.807) is 4.44 Å². The van der Waals surface area contributed by atoms with Gasteiger partial charge in [0.1, 0.15) is 0 Å². The number of nitrogens with zero attached hydrogens (tertiary/aromatic N) is 2. The molecule has 0 aromatic carbocycles. The molecule has 0 radical (unpaired) electrons. The zero-order valence-electron chi connectivity index (χ0n) is 9.05. The Bertz CT molecular complexity index is 279. The molecule has 1 aliphatic carbocycles. The van der Waals surface area contributed by atoms with Crippen LogP contribution in [0.15, 0.2) is 0 Å². The molecule has 78 valence electrons. The molecule has 2 nitrogen and oxygen atoms in total. The molecule has 14 heavy (non-hydrogen) atoms. The minimum absolute atomic E-state index is 0.557. The Morgan fingerprint density at radius 2 is 1.93 bits per heavy atom. The van der Waals surface area contributed by atoms with E-state index in [1.807, 2.05) is 0 Å². The molecule has 1 aromatic rings. The van der Waals surface area contributed by atoms with Crippen LogP contribution >= 0.6 is 0 Å². The van der Waals surface area contributed by atoms with Gasteiger partial charge in [0.15, 0.2) is 0 Å². The first kappa shape index (κ1) is 10.3. The van der Waals surface area contributed by atoms with Crippen LogP contribution in [0.2, 0.25) is 0 Å². The molecule has 1 aromatic heterocycles. The number of fused-ring (bicyclic) bond motifs is 1. The first-order chi connectivity index (χ1) is 6.85. The van der Waals surface area contributed by atoms with Gasteiger partial charge in [0.05, 0.1) is 0 Å². The number of aromatic nitrogens is 1. The third-order valence-corrected chi connectivity index (χ3v) is 5.42. The molecule has 0 aliphatic heterocycles. The summed E-state index contributed by atoms with van der Waals surface area (Å²) in [7, 11) is 0. The Morgan fingerprint density at radius 3 is 2.57 bits per heavy atom. The van der Waals surface area contributed by atoms with Gasteiger partial charge in [-0.1, -0.05) is 0 Å². The Hall–Kier alpha value is -0.271. The fraction of sp³-hybridized carbons (Fsp3) is 0.727. The van der Waals surface area contributed by atoms with Gasteiger partial charge in [0.2, 0.25) is 0 Å². The predicted molar refractivity (Wildman–Crippen MR) is 61.4 cm³/mol. The number of anilines is 1. The average Bonchev–Trinajstić information content (AvgIpc) is 2.63. The molecule has 2 rings (SSSR count). The van der Waals surface area contributed by atoms with Gasteiger partial charge in [-0.05, 0) is 0 Å². The molecule has 0 unspecified atom stereocenters. The Morgan fingerprint density at radius 1 is 1.21 bits per heavy atom. The maximum absolute atomic E-state index is 4.80. The van der Waals surface area contributed by atoms with Crippen molar-refractivity contribution in [2.24, 2.45) is 0 Å². The second-order valence-corrected chi connectivity index (χ2v) is 5.97. The van der Waals surface area contributed by atoms with Crippen LogP contribution in [0.4, 0.5) is 4.69 Å². The van der Waals surface area contributed by atoms with E-state index in [0.29, 0.717) is 14.5 Å². The van der Waals surface area contributed by atoms with Crippen molar-refractivity contribution in [1.29, 1.82) is 0 Å². The third-order valence-electron chi connectivity index (χ3n) is 2.87. The van der Waals surface area contributed by atoms with Crippen LogP contribution in [0.25, 0.3) is 0 Å². The summed E-state index contributed by atoms with van der Waals surface area (Å²) >= 11 is 0.557. The van der Waals surface area contributed by atoms with E-state index in [4.69, 9.17) is 4.98 Å². The van der Waals surface area contributed by atoms with E-state index in [1.165, 1.54) is 36.1 Å². The molecule has 1 heterocycles. The van der Waals surface area contributed by atoms with Crippen molar-refractivity contribution in [1.82, 2.24) is 4.98 Å². The molecule has 1 aliphatic rings. The predicted octanol–water partition coefficient (Wildman–Crippen LogP) is 1.86. The van der Waals surface area contributed by atoms with Gasteiger partial charge < -0.3 is 0 Å². The molecular weight excluding hydrogens is 239 g/mol. The van der Waals surface area contributed by atoms with E-state index in [0.717, 1.165) is 13.1 Å². The molecule has 0 bridgehead atoms. The molecule has 0 N–H and O–H groups in total. The summed E-state index contributed by atoms with van der Waals surface area (Å²) in [5.74, 6) is 0. The number of hydrogen-bond donors (Lipinski definition) is 0. The molecule has 0 fully saturated rings. The number of hydrogen-bond acceptors (Lipinski definition) is 2. The quantitative estimate of drug-likeness (QED) is 0.768. The second-order valence-electron chi connectivity index (χ2n) is 3.75. The molecule has 3 heteroatoms. The Kier molecular flexibility index (Phi) is 3.30. The van der Waals surface area contributed by atoms with Gasteiger partial charge in [-0.15, -0.1) is 0 Å². The zero-order valence-corrected chi connectivity index (χ0v) is 10.8. The van der Waals surface area contributed by atoms with Crippen molar-refractivity contribution < 1.29 is 0 Å². The Balaban J connectivity index is 2.22. The zero-order chi connectivity index (χ0) is 9.97. The van der Waals surface area contributed by atoms with Crippen LogP contribution in [-0.2, 0) is 12.8 Å². The fourth-order valence-corrected chi connectivity index (χ4v) is 4.64. The summed E-state index contributed by atoms with van der Waals surface area (Å²) in [6.07, 6.45) is 5.30. The van der Waals surface area contributed by atoms with Crippen LogP contribution in [0.1, 0.15) is 36.8 Å². The summed E-state index contributed by atoms with van der Waals surface area (Å²) in [5.41, 5.74) is 1.44. The van der Waals surface area contributed by atoms with Crippen molar-refractivity contribution in [3.8, 4) is 0 Å². The van der Waals surface area contributed by atoms with E-state index in [-0.39, 0.29) is 0 Å². The van der Waals surface area contributed by atoms with Gasteiger partial charge in [-0.2, -0.15) is 0 Å². The van der Waals surface area contributed by atoms with Gasteiger partial charge in [0.25, 0.3) is 0 Å². The van der Waals surface area contributed by atoms with Gasteiger partial charge in [0, 0.05) is 0 Å². The van der Waals surface area contributed by atoms with E-state index in [9.17, 15) is 0 Å². The van der Waals surface area contributed by atoms with Crippen LogP contribution in [0, 0.1) is 0 Å². The minimum atomic E-state index is 0.557. The van der Waals surface area contributed by atoms with Crippen LogP contribution in [0.3, 0.4) is 0 Å². The first-order valence-corrected chi connectivity index (χ1v) is 7.30. The van der Waals surface area contributed by atoms with Gasteiger partial charge >= 0.3 is 91.8 Å². The van der Waals surface area contributed by atoms with E-state index < -0.39 is 0 Å². The first-order valence-electron chi connectivity index (χ1n) is 5.58. The third kappa shape index (κ3) is 1.89. The monoisotopic (exact) mass is 258 g/mol. The summed E-state index contributed by atoms with van der Waals surface area (Å²) in [4.78, 5) is 7.22. The molecule has 0 spiro atoms. The molecular formula is C11H18N2Se. The van der Waals surface area contributed by atoms with Crippen molar-refractivity contribution in [3.63, 3.8) is 0 Å². The normalized spacial score (nSPS) is 15.3. The van der Waals surface area contributed by atoms with E-state index >= 15 is 0 Å². The van der Waals surface area contributed by atoms with Crippen LogP contribution in [-0.4, -0.2) is 32.6 Å². The molecule has 0 atom stereocenters. The number of aryl methyl sites for hydroxylation is 2. The summed E-state index contributed by atoms with van der Waals surface area (Å²) < 4.78 is 3.07.